The number of nitrogens with one attached hydrogen (secondary N) is 1. The van der Waals surface area contributed by atoms with Gasteiger partial charge in [-0.1, -0.05) is 0 Å². The molecule has 2 fully saturated rings. The molecule has 3 nitrogen and oxygen atoms in total. The van der Waals surface area contributed by atoms with Crippen molar-refractivity contribution in [1.29, 1.82) is 0 Å². The molecule has 1 aromatic rings. The maximum atomic E-state index is 4.69. The molecular weight excluding hydrogens is 230 g/mol. The number of hydrogen-bond donors (Lipinski definition) is 1. The van der Waals surface area contributed by atoms with Crippen molar-refractivity contribution in [2.45, 2.75) is 57.2 Å². The molecule has 0 aliphatic carbocycles. The quantitative estimate of drug-likeness (QED) is 0.875. The van der Waals surface area contributed by atoms with E-state index in [2.05, 4.69) is 29.6 Å². The first-order valence-electron chi connectivity index (χ1n) is 6.65. The molecule has 94 valence electrons. The van der Waals surface area contributed by atoms with E-state index in [0.717, 1.165) is 0 Å². The molecule has 2 unspecified atom stereocenters. The largest absolute Gasteiger partial charge is 0.342 e. The number of thiazole rings is 1. The Labute approximate surface area is 107 Å². The SMILES string of the molecule is CNC1CC2CCCC(C1)N2c1nc(C)cs1. The predicted octanol–water partition coefficient (Wildman–Crippen LogP) is 2.56. The molecule has 2 atom stereocenters. The zero-order chi connectivity index (χ0) is 11.8. The van der Waals surface area contributed by atoms with Gasteiger partial charge in [0.05, 0.1) is 5.69 Å². The molecule has 0 spiro atoms. The summed E-state index contributed by atoms with van der Waals surface area (Å²) in [5.41, 5.74) is 1.17. The monoisotopic (exact) mass is 251 g/mol. The Bertz CT molecular complexity index is 376. The maximum absolute atomic E-state index is 4.69. The van der Waals surface area contributed by atoms with Gasteiger partial charge in [0.1, 0.15) is 0 Å². The first-order valence-corrected chi connectivity index (χ1v) is 7.53. The molecule has 2 aliphatic heterocycles. The minimum absolute atomic E-state index is 0.711. The van der Waals surface area contributed by atoms with Crippen LogP contribution < -0.4 is 10.2 Å². The predicted molar refractivity (Wildman–Crippen MR) is 72.8 cm³/mol. The summed E-state index contributed by atoms with van der Waals surface area (Å²) >= 11 is 1.82. The van der Waals surface area contributed by atoms with Gasteiger partial charge in [0.15, 0.2) is 5.13 Å². The highest BCUT2D eigenvalue weighted by molar-refractivity contribution is 7.13. The van der Waals surface area contributed by atoms with Gasteiger partial charge in [0.2, 0.25) is 0 Å². The summed E-state index contributed by atoms with van der Waals surface area (Å²) in [7, 11) is 2.10. The fourth-order valence-corrected chi connectivity index (χ4v) is 4.33. The highest BCUT2D eigenvalue weighted by Crippen LogP contribution is 2.38. The molecule has 0 aromatic carbocycles. The lowest BCUT2D eigenvalue weighted by atomic mass is 9.82. The molecule has 2 aliphatic rings. The summed E-state index contributed by atoms with van der Waals surface area (Å²) in [6.45, 7) is 2.09. The van der Waals surface area contributed by atoms with Gasteiger partial charge >= 0.3 is 0 Å². The first-order chi connectivity index (χ1) is 8.28. The zero-order valence-electron chi connectivity index (χ0n) is 10.6. The van der Waals surface area contributed by atoms with Crippen LogP contribution in [0.25, 0.3) is 0 Å². The molecule has 4 heteroatoms. The number of aryl methyl sites for hydroxylation is 1. The molecule has 0 amide bonds. The lowest BCUT2D eigenvalue weighted by Gasteiger charge is -2.48. The van der Waals surface area contributed by atoms with Crippen LogP contribution in [0.5, 0.6) is 0 Å². The summed E-state index contributed by atoms with van der Waals surface area (Å²) in [6.07, 6.45) is 6.64. The second kappa shape index (κ2) is 4.58. The first kappa shape index (κ1) is 11.5. The summed E-state index contributed by atoms with van der Waals surface area (Å²) in [5.74, 6) is 0. The van der Waals surface area contributed by atoms with Gasteiger partial charge in [-0.05, 0) is 46.1 Å². The van der Waals surface area contributed by atoms with Crippen molar-refractivity contribution in [1.82, 2.24) is 10.3 Å². The van der Waals surface area contributed by atoms with Crippen molar-refractivity contribution in [3.63, 3.8) is 0 Å². The van der Waals surface area contributed by atoms with E-state index in [1.807, 2.05) is 11.3 Å². The normalized spacial score (nSPS) is 32.8. The number of anilines is 1. The van der Waals surface area contributed by atoms with Crippen molar-refractivity contribution < 1.29 is 0 Å². The van der Waals surface area contributed by atoms with Gasteiger partial charge < -0.3 is 10.2 Å². The molecule has 2 saturated heterocycles. The van der Waals surface area contributed by atoms with Gasteiger partial charge in [0.25, 0.3) is 0 Å². The van der Waals surface area contributed by atoms with Crippen LogP contribution >= 0.6 is 11.3 Å². The van der Waals surface area contributed by atoms with E-state index in [0.29, 0.717) is 18.1 Å². The van der Waals surface area contributed by atoms with E-state index in [4.69, 9.17) is 4.98 Å². The molecule has 3 rings (SSSR count). The summed E-state index contributed by atoms with van der Waals surface area (Å²) in [5, 5.41) is 6.90. The number of rotatable bonds is 2. The third-order valence-electron chi connectivity index (χ3n) is 4.21. The lowest BCUT2D eigenvalue weighted by Crippen LogP contribution is -2.56. The molecule has 0 radical (unpaired) electrons. The molecular formula is C13H21N3S. The summed E-state index contributed by atoms with van der Waals surface area (Å²) < 4.78 is 0. The lowest BCUT2D eigenvalue weighted by molar-refractivity contribution is 0.252. The van der Waals surface area contributed by atoms with Gasteiger partial charge in [0, 0.05) is 23.5 Å². The van der Waals surface area contributed by atoms with Gasteiger partial charge in [-0.3, -0.25) is 0 Å². The number of aromatic nitrogens is 1. The topological polar surface area (TPSA) is 28.2 Å². The highest BCUT2D eigenvalue weighted by atomic mass is 32.1. The van der Waals surface area contributed by atoms with E-state index in [9.17, 15) is 0 Å². The molecule has 1 aromatic heterocycles. The fourth-order valence-electron chi connectivity index (χ4n) is 3.39. The van der Waals surface area contributed by atoms with E-state index in [-0.39, 0.29) is 0 Å². The van der Waals surface area contributed by atoms with E-state index in [1.54, 1.807) is 0 Å². The van der Waals surface area contributed by atoms with Crippen molar-refractivity contribution >= 4 is 16.5 Å². The van der Waals surface area contributed by atoms with Crippen molar-refractivity contribution in [2.24, 2.45) is 0 Å². The molecule has 1 N–H and O–H groups in total. The van der Waals surface area contributed by atoms with E-state index < -0.39 is 0 Å². The van der Waals surface area contributed by atoms with Crippen molar-refractivity contribution in [3.05, 3.63) is 11.1 Å². The van der Waals surface area contributed by atoms with Crippen LogP contribution in [0.4, 0.5) is 5.13 Å². The van der Waals surface area contributed by atoms with Crippen LogP contribution in [0.1, 0.15) is 37.8 Å². The van der Waals surface area contributed by atoms with E-state index in [1.165, 1.54) is 42.9 Å². The van der Waals surface area contributed by atoms with Crippen LogP contribution in [0.2, 0.25) is 0 Å². The molecule has 0 saturated carbocycles. The number of nitrogens with zero attached hydrogens (tertiary/aromatic N) is 2. The van der Waals surface area contributed by atoms with Crippen LogP contribution in [-0.2, 0) is 0 Å². The Balaban J connectivity index is 1.85. The summed E-state index contributed by atoms with van der Waals surface area (Å²) in [6, 6.07) is 2.14. The Morgan fingerprint density at radius 1 is 1.35 bits per heavy atom. The fraction of sp³-hybridized carbons (Fsp3) is 0.769. The number of piperidine rings is 2. The van der Waals surface area contributed by atoms with Crippen LogP contribution in [-0.4, -0.2) is 30.2 Å². The Hall–Kier alpha value is -0.610. The third kappa shape index (κ3) is 2.08. The standard InChI is InChI=1S/C13H21N3S/c1-9-8-17-13(15-9)16-11-4-3-5-12(16)7-10(6-11)14-2/h8,10-12,14H,3-7H2,1-2H3. The number of hydrogen-bond acceptors (Lipinski definition) is 4. The average Bonchev–Trinajstić information content (AvgIpc) is 2.74. The van der Waals surface area contributed by atoms with Gasteiger partial charge in [-0.25, -0.2) is 4.98 Å². The van der Waals surface area contributed by atoms with Gasteiger partial charge in [-0.15, -0.1) is 11.3 Å². The minimum Gasteiger partial charge on any atom is -0.342 e. The summed E-state index contributed by atoms with van der Waals surface area (Å²) in [4.78, 5) is 7.31. The molecule has 17 heavy (non-hydrogen) atoms. The van der Waals surface area contributed by atoms with E-state index >= 15 is 0 Å². The minimum atomic E-state index is 0.711. The average molecular weight is 251 g/mol. The van der Waals surface area contributed by atoms with Gasteiger partial charge in [-0.2, -0.15) is 0 Å². The second-order valence-electron chi connectivity index (χ2n) is 5.37. The highest BCUT2D eigenvalue weighted by Gasteiger charge is 2.38. The number of fused-ring (bicyclic) bond motifs is 2. The van der Waals surface area contributed by atoms with Crippen molar-refractivity contribution in [2.75, 3.05) is 11.9 Å². The molecule has 3 heterocycles. The third-order valence-corrected chi connectivity index (χ3v) is 5.18. The maximum Gasteiger partial charge on any atom is 0.185 e. The Kier molecular flexibility index (Phi) is 3.09. The smallest absolute Gasteiger partial charge is 0.185 e. The van der Waals surface area contributed by atoms with Crippen LogP contribution in [0.3, 0.4) is 0 Å². The second-order valence-corrected chi connectivity index (χ2v) is 6.21. The Morgan fingerprint density at radius 2 is 2.06 bits per heavy atom. The Morgan fingerprint density at radius 3 is 2.59 bits per heavy atom. The zero-order valence-corrected chi connectivity index (χ0v) is 11.5. The van der Waals surface area contributed by atoms with Crippen LogP contribution in [0.15, 0.2) is 5.38 Å². The van der Waals surface area contributed by atoms with Crippen LogP contribution in [0, 0.1) is 6.92 Å². The molecule has 2 bridgehead atoms. The van der Waals surface area contributed by atoms with Crippen molar-refractivity contribution in [3.8, 4) is 0 Å².